The molecule has 0 saturated carbocycles. The van der Waals surface area contributed by atoms with Gasteiger partial charge in [-0.05, 0) is 39.2 Å². The van der Waals surface area contributed by atoms with Crippen molar-refractivity contribution in [2.75, 3.05) is 19.0 Å². The number of hydrogen-bond donors (Lipinski definition) is 1. The molecule has 1 aliphatic heterocycles. The first-order chi connectivity index (χ1) is 11.8. The Kier molecular flexibility index (Phi) is 6.71. The Bertz CT molecular complexity index is 586. The Labute approximate surface area is 154 Å². The van der Waals surface area contributed by atoms with E-state index >= 15 is 0 Å². The predicted octanol–water partition coefficient (Wildman–Crippen LogP) is 3.52. The molecule has 1 heterocycles. The second-order valence-corrected chi connectivity index (χ2v) is 7.64. The Morgan fingerprint density at radius 2 is 1.84 bits per heavy atom. The lowest BCUT2D eigenvalue weighted by Gasteiger charge is -2.26. The first kappa shape index (κ1) is 19.6. The molecule has 0 bridgehead atoms. The molecule has 1 aromatic rings. The minimum Gasteiger partial charge on any atom is -0.444 e. The summed E-state index contributed by atoms with van der Waals surface area (Å²) in [6.07, 6.45) is 1.13. The number of halogens is 1. The van der Waals surface area contributed by atoms with Crippen molar-refractivity contribution in [3.63, 3.8) is 0 Å². The lowest BCUT2D eigenvalue weighted by Crippen LogP contribution is -2.41. The third-order valence-electron chi connectivity index (χ3n) is 4.25. The molecule has 25 heavy (non-hydrogen) atoms. The van der Waals surface area contributed by atoms with Crippen molar-refractivity contribution >= 4 is 23.6 Å². The molecule has 5 nitrogen and oxygen atoms in total. The van der Waals surface area contributed by atoms with Gasteiger partial charge in [-0.2, -0.15) is 0 Å². The number of likely N-dealkylation sites (tertiary alicyclic amines) is 1. The maximum atomic E-state index is 12.4. The van der Waals surface area contributed by atoms with E-state index < -0.39 is 5.60 Å². The van der Waals surface area contributed by atoms with Gasteiger partial charge in [0.15, 0.2) is 0 Å². The van der Waals surface area contributed by atoms with Crippen molar-refractivity contribution in [2.45, 2.75) is 51.2 Å². The van der Waals surface area contributed by atoms with Crippen molar-refractivity contribution in [2.24, 2.45) is 0 Å². The molecule has 1 fully saturated rings. The molecular weight excluding hydrogens is 340 g/mol. The molecule has 2 amide bonds. The van der Waals surface area contributed by atoms with Crippen LogP contribution in [0, 0.1) is 0 Å². The molecule has 0 aliphatic carbocycles. The number of benzene rings is 1. The molecule has 1 aliphatic rings. The fourth-order valence-electron chi connectivity index (χ4n) is 3.13. The SMILES string of the molecule is CC(C)(C)OC(=O)N1CCC(NC(=O)CCl)C(c2ccccc2)CC1. The Balaban J connectivity index is 2.14. The Morgan fingerprint density at radius 1 is 1.20 bits per heavy atom. The van der Waals surface area contributed by atoms with Crippen LogP contribution in [0.5, 0.6) is 0 Å². The summed E-state index contributed by atoms with van der Waals surface area (Å²) in [5, 5.41) is 3.02. The first-order valence-electron chi connectivity index (χ1n) is 8.68. The van der Waals surface area contributed by atoms with E-state index in [4.69, 9.17) is 16.3 Å². The van der Waals surface area contributed by atoms with Crippen molar-refractivity contribution in [3.8, 4) is 0 Å². The van der Waals surface area contributed by atoms with Gasteiger partial charge in [0.05, 0.1) is 0 Å². The molecule has 6 heteroatoms. The lowest BCUT2D eigenvalue weighted by molar-refractivity contribution is -0.119. The molecule has 0 radical (unpaired) electrons. The van der Waals surface area contributed by atoms with Gasteiger partial charge in [-0.1, -0.05) is 30.3 Å². The van der Waals surface area contributed by atoms with Crippen LogP contribution in [-0.4, -0.2) is 47.5 Å². The molecular formula is C19H27ClN2O3. The van der Waals surface area contributed by atoms with Crippen LogP contribution in [-0.2, 0) is 9.53 Å². The highest BCUT2D eigenvalue weighted by molar-refractivity contribution is 6.27. The Morgan fingerprint density at radius 3 is 2.44 bits per heavy atom. The van der Waals surface area contributed by atoms with Gasteiger partial charge in [0, 0.05) is 25.0 Å². The van der Waals surface area contributed by atoms with Crippen LogP contribution in [0.1, 0.15) is 45.1 Å². The number of carbonyl (C=O) groups is 2. The fraction of sp³-hybridized carbons (Fsp3) is 0.579. The van der Waals surface area contributed by atoms with E-state index in [2.05, 4.69) is 17.4 Å². The molecule has 138 valence electrons. The molecule has 1 aromatic carbocycles. The second kappa shape index (κ2) is 8.56. The molecule has 2 rings (SSSR count). The summed E-state index contributed by atoms with van der Waals surface area (Å²) in [5.74, 6) is -0.104. The minimum absolute atomic E-state index is 0.0545. The van der Waals surface area contributed by atoms with Crippen LogP contribution >= 0.6 is 11.6 Å². The van der Waals surface area contributed by atoms with Gasteiger partial charge >= 0.3 is 6.09 Å². The van der Waals surface area contributed by atoms with Crippen molar-refractivity contribution < 1.29 is 14.3 Å². The molecule has 0 spiro atoms. The van der Waals surface area contributed by atoms with Crippen LogP contribution in [0.4, 0.5) is 4.79 Å². The summed E-state index contributed by atoms with van der Waals surface area (Å²) >= 11 is 5.66. The van der Waals surface area contributed by atoms with Gasteiger partial charge in [0.1, 0.15) is 11.5 Å². The summed E-state index contributed by atoms with van der Waals surface area (Å²) in [6.45, 7) is 6.73. The zero-order valence-electron chi connectivity index (χ0n) is 15.1. The molecule has 1 N–H and O–H groups in total. The van der Waals surface area contributed by atoms with Crippen molar-refractivity contribution in [1.29, 1.82) is 0 Å². The number of alkyl halides is 1. The molecule has 2 atom stereocenters. The summed E-state index contributed by atoms with van der Waals surface area (Å²) in [7, 11) is 0. The van der Waals surface area contributed by atoms with Crippen LogP contribution < -0.4 is 5.32 Å². The third-order valence-corrected chi connectivity index (χ3v) is 4.50. The van der Waals surface area contributed by atoms with Crippen LogP contribution in [0.2, 0.25) is 0 Å². The monoisotopic (exact) mass is 366 g/mol. The van der Waals surface area contributed by atoms with Crippen molar-refractivity contribution in [1.82, 2.24) is 10.2 Å². The van der Waals surface area contributed by atoms with Gasteiger partial charge in [0.25, 0.3) is 0 Å². The van der Waals surface area contributed by atoms with Gasteiger partial charge in [-0.15, -0.1) is 11.6 Å². The number of hydrogen-bond acceptors (Lipinski definition) is 3. The molecule has 2 unspecified atom stereocenters. The molecule has 1 saturated heterocycles. The third kappa shape index (κ3) is 5.92. The summed E-state index contributed by atoms with van der Waals surface area (Å²) in [4.78, 5) is 25.9. The highest BCUT2D eigenvalue weighted by Crippen LogP contribution is 2.29. The van der Waals surface area contributed by atoms with E-state index in [-0.39, 0.29) is 29.8 Å². The van der Waals surface area contributed by atoms with E-state index in [1.807, 2.05) is 39.0 Å². The van der Waals surface area contributed by atoms with E-state index in [9.17, 15) is 9.59 Å². The smallest absolute Gasteiger partial charge is 0.410 e. The minimum atomic E-state index is -0.519. The highest BCUT2D eigenvalue weighted by Gasteiger charge is 2.31. The maximum Gasteiger partial charge on any atom is 0.410 e. The highest BCUT2D eigenvalue weighted by atomic mass is 35.5. The molecule has 0 aromatic heterocycles. The number of amides is 2. The Hall–Kier alpha value is -1.75. The summed E-state index contributed by atoms with van der Waals surface area (Å²) < 4.78 is 5.49. The van der Waals surface area contributed by atoms with E-state index in [1.165, 1.54) is 0 Å². The quantitative estimate of drug-likeness (QED) is 0.832. The number of rotatable bonds is 3. The van der Waals surface area contributed by atoms with Gasteiger partial charge < -0.3 is 15.0 Å². The number of nitrogens with one attached hydrogen (secondary N) is 1. The van der Waals surface area contributed by atoms with E-state index in [0.29, 0.717) is 19.5 Å². The zero-order chi connectivity index (χ0) is 18.4. The van der Waals surface area contributed by atoms with Gasteiger partial charge in [-0.3, -0.25) is 4.79 Å². The van der Waals surface area contributed by atoms with Crippen LogP contribution in [0.25, 0.3) is 0 Å². The summed E-state index contributed by atoms with van der Waals surface area (Å²) in [5.41, 5.74) is 0.641. The second-order valence-electron chi connectivity index (χ2n) is 7.37. The zero-order valence-corrected chi connectivity index (χ0v) is 15.9. The average Bonchev–Trinajstić information content (AvgIpc) is 2.76. The number of carbonyl (C=O) groups excluding carboxylic acids is 2. The van der Waals surface area contributed by atoms with Gasteiger partial charge in [-0.25, -0.2) is 4.79 Å². The first-order valence-corrected chi connectivity index (χ1v) is 9.22. The number of ether oxygens (including phenoxy) is 1. The summed E-state index contributed by atoms with van der Waals surface area (Å²) in [6, 6.07) is 10.0. The van der Waals surface area contributed by atoms with Gasteiger partial charge in [0.2, 0.25) is 5.91 Å². The number of nitrogens with zero attached hydrogens (tertiary/aromatic N) is 1. The van der Waals surface area contributed by atoms with E-state index in [1.54, 1.807) is 4.90 Å². The van der Waals surface area contributed by atoms with Crippen LogP contribution in [0.15, 0.2) is 30.3 Å². The van der Waals surface area contributed by atoms with Crippen molar-refractivity contribution in [3.05, 3.63) is 35.9 Å². The largest absolute Gasteiger partial charge is 0.444 e. The normalized spacial score (nSPS) is 21.4. The fourth-order valence-corrected chi connectivity index (χ4v) is 3.21. The predicted molar refractivity (Wildman–Crippen MR) is 98.9 cm³/mol. The lowest BCUT2D eigenvalue weighted by atomic mass is 9.87. The topological polar surface area (TPSA) is 58.6 Å². The maximum absolute atomic E-state index is 12.4. The van der Waals surface area contributed by atoms with Crippen LogP contribution in [0.3, 0.4) is 0 Å². The average molecular weight is 367 g/mol. The van der Waals surface area contributed by atoms with E-state index in [0.717, 1.165) is 12.0 Å². The standard InChI is InChI=1S/C19H27ClN2O3/c1-19(2,3)25-18(24)22-11-9-15(14-7-5-4-6-8-14)16(10-12-22)21-17(23)13-20/h4-8,15-16H,9-13H2,1-3H3,(H,21,23).